The van der Waals surface area contributed by atoms with Crippen LogP contribution in [0.2, 0.25) is 0 Å². The Morgan fingerprint density at radius 3 is 1.92 bits per heavy atom. The van der Waals surface area contributed by atoms with Gasteiger partial charge in [0.1, 0.15) is 17.2 Å². The van der Waals surface area contributed by atoms with Gasteiger partial charge in [-0.3, -0.25) is 0 Å². The highest BCUT2D eigenvalue weighted by Gasteiger charge is 2.27. The van der Waals surface area contributed by atoms with Gasteiger partial charge in [0.15, 0.2) is 0 Å². The molecule has 2 aromatic rings. The summed E-state index contributed by atoms with van der Waals surface area (Å²) in [5.41, 5.74) is 2.31. The number of hydrogen-bond donors (Lipinski definition) is 5. The van der Waals surface area contributed by atoms with E-state index in [9.17, 15) is 14.2 Å². The monoisotopic (exact) mass is 392 g/mol. The summed E-state index contributed by atoms with van der Waals surface area (Å²) >= 11 is 0. The summed E-state index contributed by atoms with van der Waals surface area (Å²) in [5, 5.41) is 9.33. The smallest absolute Gasteiger partial charge is 0.478 e. The normalized spacial score (nSPS) is 11.4. The quantitative estimate of drug-likeness (QED) is 0.494. The van der Waals surface area contributed by atoms with Crippen molar-refractivity contribution in [1.82, 2.24) is 0 Å². The second-order valence-corrected chi connectivity index (χ2v) is 7.48. The molecule has 0 aliphatic carbocycles. The predicted molar refractivity (Wildman–Crippen MR) is 89.3 cm³/mol. The summed E-state index contributed by atoms with van der Waals surface area (Å²) in [6.07, 6.45) is 0. The molecule has 0 fully saturated rings. The number of benzene rings is 2. The predicted octanol–water partition coefficient (Wildman–Crippen LogP) is 2.99. The first-order valence-corrected chi connectivity index (χ1v) is 9.79. The molecular formula is C14H18O9P2. The molecule has 11 heteroatoms. The number of aryl methyl sites for hydroxylation is 1. The fourth-order valence-electron chi connectivity index (χ4n) is 1.65. The Balaban J connectivity index is 0.000000299. The molecular weight excluding hydrogens is 374 g/mol. The van der Waals surface area contributed by atoms with Crippen LogP contribution in [0.4, 0.5) is 0 Å². The molecule has 0 unspecified atom stereocenters. The second-order valence-electron chi connectivity index (χ2n) is 4.86. The first kappa shape index (κ1) is 21.3. The SMILES string of the molecule is Cc1cccc(Oc2cccc(O)c2)c1C.O=P(O)(O)OP(=O)(O)O. The Labute approximate surface area is 144 Å². The van der Waals surface area contributed by atoms with Crippen molar-refractivity contribution in [2.75, 3.05) is 0 Å². The van der Waals surface area contributed by atoms with E-state index in [-0.39, 0.29) is 5.75 Å². The lowest BCUT2D eigenvalue weighted by atomic mass is 10.1. The van der Waals surface area contributed by atoms with Crippen LogP contribution in [0.1, 0.15) is 11.1 Å². The van der Waals surface area contributed by atoms with Crippen molar-refractivity contribution in [3.63, 3.8) is 0 Å². The van der Waals surface area contributed by atoms with E-state index in [4.69, 9.17) is 24.3 Å². The summed E-state index contributed by atoms with van der Waals surface area (Å²) < 4.78 is 27.9. The molecule has 9 nitrogen and oxygen atoms in total. The Bertz CT molecular complexity index is 790. The molecule has 2 rings (SSSR count). The fourth-order valence-corrected chi connectivity index (χ4v) is 2.76. The highest BCUT2D eigenvalue weighted by molar-refractivity contribution is 7.60. The van der Waals surface area contributed by atoms with Crippen molar-refractivity contribution < 1.29 is 42.9 Å². The van der Waals surface area contributed by atoms with Crippen LogP contribution >= 0.6 is 15.6 Å². The molecule has 0 saturated carbocycles. The van der Waals surface area contributed by atoms with Crippen LogP contribution in [0, 0.1) is 13.8 Å². The van der Waals surface area contributed by atoms with Crippen LogP contribution in [0.15, 0.2) is 42.5 Å². The maximum Gasteiger partial charge on any atom is 0.478 e. The van der Waals surface area contributed by atoms with Gasteiger partial charge in [-0.15, -0.1) is 0 Å². The summed E-state index contributed by atoms with van der Waals surface area (Å²) in [5.74, 6) is 1.68. The van der Waals surface area contributed by atoms with Crippen molar-refractivity contribution in [2.45, 2.75) is 13.8 Å². The van der Waals surface area contributed by atoms with E-state index in [1.165, 1.54) is 5.56 Å². The molecule has 0 atom stereocenters. The minimum absolute atomic E-state index is 0.211. The topological polar surface area (TPSA) is 154 Å². The van der Waals surface area contributed by atoms with Crippen LogP contribution in [0.3, 0.4) is 0 Å². The first-order chi connectivity index (χ1) is 11.4. The largest absolute Gasteiger partial charge is 0.508 e. The van der Waals surface area contributed by atoms with Crippen LogP contribution in [0.25, 0.3) is 0 Å². The zero-order valence-electron chi connectivity index (χ0n) is 13.3. The molecule has 138 valence electrons. The Morgan fingerprint density at radius 2 is 1.44 bits per heavy atom. The van der Waals surface area contributed by atoms with E-state index >= 15 is 0 Å². The number of rotatable bonds is 4. The van der Waals surface area contributed by atoms with Crippen molar-refractivity contribution in [3.8, 4) is 17.2 Å². The van der Waals surface area contributed by atoms with Crippen molar-refractivity contribution >= 4 is 15.6 Å². The van der Waals surface area contributed by atoms with Gasteiger partial charge in [-0.2, -0.15) is 4.31 Å². The van der Waals surface area contributed by atoms with E-state index in [0.29, 0.717) is 5.75 Å². The van der Waals surface area contributed by atoms with Crippen LogP contribution in [-0.2, 0) is 13.4 Å². The van der Waals surface area contributed by atoms with Gasteiger partial charge >= 0.3 is 15.6 Å². The van der Waals surface area contributed by atoms with E-state index in [0.717, 1.165) is 11.3 Å². The van der Waals surface area contributed by atoms with Crippen molar-refractivity contribution in [1.29, 1.82) is 0 Å². The molecule has 0 aliphatic heterocycles. The number of phenolic OH excluding ortho intramolecular Hbond substituents is 1. The minimum atomic E-state index is -5.05. The van der Waals surface area contributed by atoms with Gasteiger partial charge in [0.05, 0.1) is 0 Å². The number of ether oxygens (including phenoxy) is 1. The Kier molecular flexibility index (Phi) is 7.34. The molecule has 5 N–H and O–H groups in total. The van der Waals surface area contributed by atoms with Gasteiger partial charge in [0.2, 0.25) is 0 Å². The summed E-state index contributed by atoms with van der Waals surface area (Å²) in [4.78, 5) is 31.0. The molecule has 0 amide bonds. The second kappa shape index (κ2) is 8.60. The Morgan fingerprint density at radius 1 is 0.880 bits per heavy atom. The average molecular weight is 392 g/mol. The highest BCUT2D eigenvalue weighted by atomic mass is 31.3. The average Bonchev–Trinajstić information content (AvgIpc) is 2.41. The van der Waals surface area contributed by atoms with Crippen molar-refractivity contribution in [3.05, 3.63) is 53.6 Å². The van der Waals surface area contributed by atoms with E-state index in [2.05, 4.69) is 4.31 Å². The zero-order valence-corrected chi connectivity index (χ0v) is 15.1. The van der Waals surface area contributed by atoms with E-state index in [1.807, 2.05) is 38.1 Å². The maximum atomic E-state index is 9.63. The molecule has 0 spiro atoms. The third-order valence-electron chi connectivity index (χ3n) is 2.81. The first-order valence-electron chi connectivity index (χ1n) is 6.73. The third kappa shape index (κ3) is 8.81. The number of hydrogen-bond acceptors (Lipinski definition) is 5. The molecule has 0 radical (unpaired) electrons. The highest BCUT2D eigenvalue weighted by Crippen LogP contribution is 2.53. The standard InChI is InChI=1S/C14H14O2.H4O7P2/c1-10-5-3-8-14(11(10)2)16-13-7-4-6-12(15)9-13;1-8(2,3)7-9(4,5)6/h3-9,15H,1-2H3;(H2,1,2,3)(H2,4,5,6). The van der Waals surface area contributed by atoms with Gasteiger partial charge in [-0.05, 0) is 43.2 Å². The summed E-state index contributed by atoms with van der Waals surface area (Å²) in [7, 11) is -10.1. The molecule has 2 aromatic carbocycles. The van der Waals surface area contributed by atoms with Gasteiger partial charge in [0.25, 0.3) is 0 Å². The molecule has 25 heavy (non-hydrogen) atoms. The summed E-state index contributed by atoms with van der Waals surface area (Å²) in [6, 6.07) is 12.7. The van der Waals surface area contributed by atoms with E-state index < -0.39 is 15.6 Å². The van der Waals surface area contributed by atoms with Crippen LogP contribution in [-0.4, -0.2) is 24.7 Å². The van der Waals surface area contributed by atoms with Gasteiger partial charge in [0, 0.05) is 6.07 Å². The molecule has 0 aromatic heterocycles. The number of aromatic hydroxyl groups is 1. The number of phenols is 1. The van der Waals surface area contributed by atoms with Gasteiger partial charge in [-0.1, -0.05) is 18.2 Å². The number of phosphoric acid groups is 2. The third-order valence-corrected chi connectivity index (χ3v) is 4.51. The van der Waals surface area contributed by atoms with Crippen LogP contribution < -0.4 is 4.74 Å². The lowest BCUT2D eigenvalue weighted by Gasteiger charge is -2.10. The van der Waals surface area contributed by atoms with Gasteiger partial charge in [-0.25, -0.2) is 9.13 Å². The van der Waals surface area contributed by atoms with Crippen molar-refractivity contribution in [2.24, 2.45) is 0 Å². The molecule has 0 saturated heterocycles. The van der Waals surface area contributed by atoms with E-state index in [1.54, 1.807) is 18.2 Å². The maximum absolute atomic E-state index is 9.63. The van der Waals surface area contributed by atoms with Crippen LogP contribution in [0.5, 0.6) is 17.2 Å². The van der Waals surface area contributed by atoms with Gasteiger partial charge < -0.3 is 29.4 Å². The molecule has 0 heterocycles. The molecule has 0 aliphatic rings. The lowest BCUT2D eigenvalue weighted by Crippen LogP contribution is -1.89. The molecule has 0 bridgehead atoms. The Hall–Kier alpha value is -1.70. The summed E-state index contributed by atoms with van der Waals surface area (Å²) in [6.45, 7) is 4.07. The minimum Gasteiger partial charge on any atom is -0.508 e. The fraction of sp³-hybridized carbons (Fsp3) is 0.143. The lowest BCUT2D eigenvalue weighted by molar-refractivity contribution is 0.225. The zero-order chi connectivity index (χ0) is 19.3.